The number of morpholine rings is 1. The maximum absolute atomic E-state index is 10.7. The van der Waals surface area contributed by atoms with Crippen molar-refractivity contribution in [3.63, 3.8) is 0 Å². The van der Waals surface area contributed by atoms with Gasteiger partial charge in [-0.05, 0) is 34.4 Å². The summed E-state index contributed by atoms with van der Waals surface area (Å²) in [7, 11) is 1.81. The van der Waals surface area contributed by atoms with Crippen molar-refractivity contribution in [3.05, 3.63) is 20.8 Å². The van der Waals surface area contributed by atoms with E-state index in [1.165, 1.54) is 4.88 Å². The zero-order valence-electron chi connectivity index (χ0n) is 11.4. The Morgan fingerprint density at radius 1 is 1.70 bits per heavy atom. The Kier molecular flexibility index (Phi) is 5.98. The van der Waals surface area contributed by atoms with E-state index in [1.54, 1.807) is 16.2 Å². The number of ether oxygens (including phenoxy) is 1. The summed E-state index contributed by atoms with van der Waals surface area (Å²) in [5.74, 6) is -0.803. The summed E-state index contributed by atoms with van der Waals surface area (Å²) in [6.07, 6.45) is 0.0758. The highest BCUT2D eigenvalue weighted by molar-refractivity contribution is 9.10. The van der Waals surface area contributed by atoms with Gasteiger partial charge in [0, 0.05) is 35.5 Å². The molecule has 0 bridgehead atoms. The summed E-state index contributed by atoms with van der Waals surface area (Å²) in [6, 6.07) is 2.07. The number of carboxylic acids is 1. The Hall–Kier alpha value is -0.470. The highest BCUT2D eigenvalue weighted by Gasteiger charge is 2.23. The first kappa shape index (κ1) is 15.9. The van der Waals surface area contributed by atoms with E-state index in [9.17, 15) is 4.79 Å². The van der Waals surface area contributed by atoms with Gasteiger partial charge in [-0.25, -0.2) is 0 Å². The van der Waals surface area contributed by atoms with Crippen molar-refractivity contribution in [1.82, 2.24) is 9.80 Å². The molecular weight excluding hydrogens is 344 g/mol. The molecule has 1 aromatic heterocycles. The number of hydrogen-bond donors (Lipinski definition) is 1. The maximum Gasteiger partial charge on any atom is 0.317 e. The van der Waals surface area contributed by atoms with Crippen LogP contribution in [0, 0.1) is 0 Å². The Morgan fingerprint density at radius 3 is 3.15 bits per heavy atom. The number of hydrogen-bond acceptors (Lipinski definition) is 5. The zero-order valence-corrected chi connectivity index (χ0v) is 13.8. The van der Waals surface area contributed by atoms with E-state index >= 15 is 0 Å². The van der Waals surface area contributed by atoms with Crippen LogP contribution >= 0.6 is 27.3 Å². The second-order valence-electron chi connectivity index (χ2n) is 5.01. The first-order chi connectivity index (χ1) is 9.54. The van der Waals surface area contributed by atoms with Gasteiger partial charge in [-0.2, -0.15) is 0 Å². The number of aliphatic carboxylic acids is 1. The molecule has 1 aliphatic heterocycles. The molecular formula is C13H19BrN2O3S. The first-order valence-corrected chi connectivity index (χ1v) is 8.18. The largest absolute Gasteiger partial charge is 0.480 e. The van der Waals surface area contributed by atoms with Crippen molar-refractivity contribution in [2.24, 2.45) is 0 Å². The van der Waals surface area contributed by atoms with E-state index in [0.29, 0.717) is 13.2 Å². The van der Waals surface area contributed by atoms with E-state index in [0.717, 1.165) is 24.1 Å². The average molecular weight is 363 g/mol. The van der Waals surface area contributed by atoms with Gasteiger partial charge >= 0.3 is 5.97 Å². The smallest absolute Gasteiger partial charge is 0.317 e. The summed E-state index contributed by atoms with van der Waals surface area (Å²) in [5, 5.41) is 10.9. The van der Waals surface area contributed by atoms with E-state index in [4.69, 9.17) is 9.84 Å². The molecule has 1 unspecified atom stereocenters. The van der Waals surface area contributed by atoms with Gasteiger partial charge in [0.05, 0.1) is 19.3 Å². The third kappa shape index (κ3) is 4.82. The summed E-state index contributed by atoms with van der Waals surface area (Å²) < 4.78 is 6.89. The third-order valence-electron chi connectivity index (χ3n) is 3.20. The molecule has 1 aromatic rings. The molecule has 2 rings (SSSR count). The normalized spacial score (nSPS) is 20.4. The molecule has 0 aromatic carbocycles. The van der Waals surface area contributed by atoms with Crippen LogP contribution in [-0.2, 0) is 16.1 Å². The van der Waals surface area contributed by atoms with Crippen molar-refractivity contribution >= 4 is 33.2 Å². The first-order valence-electron chi connectivity index (χ1n) is 6.50. The standard InChI is InChI=1S/C13H19BrN2O3S/c1-15(9-13(17)18)6-10-7-16(3-4-19-10)8-12-11(14)2-5-20-12/h2,5,10H,3-4,6-9H2,1H3,(H,17,18). The topological polar surface area (TPSA) is 53.0 Å². The number of halogens is 1. The maximum atomic E-state index is 10.7. The number of rotatable bonds is 6. The van der Waals surface area contributed by atoms with Gasteiger partial charge in [0.15, 0.2) is 0 Å². The lowest BCUT2D eigenvalue weighted by molar-refractivity contribution is -0.138. The minimum Gasteiger partial charge on any atom is -0.480 e. The van der Waals surface area contributed by atoms with Gasteiger partial charge in [0.2, 0.25) is 0 Å². The fraction of sp³-hybridized carbons (Fsp3) is 0.615. The quantitative estimate of drug-likeness (QED) is 0.834. The molecule has 1 aliphatic rings. The molecule has 1 saturated heterocycles. The molecule has 0 amide bonds. The Morgan fingerprint density at radius 2 is 2.50 bits per heavy atom. The fourth-order valence-electron chi connectivity index (χ4n) is 2.32. The SMILES string of the molecule is CN(CC(=O)O)CC1CN(Cc2sccc2Br)CCO1. The Balaban J connectivity index is 1.82. The van der Waals surface area contributed by atoms with Crippen molar-refractivity contribution < 1.29 is 14.6 Å². The summed E-state index contributed by atoms with van der Waals surface area (Å²) in [5.41, 5.74) is 0. The monoisotopic (exact) mass is 362 g/mol. The number of likely N-dealkylation sites (N-methyl/N-ethyl adjacent to an activating group) is 1. The highest BCUT2D eigenvalue weighted by atomic mass is 79.9. The van der Waals surface area contributed by atoms with Crippen molar-refractivity contribution in [2.45, 2.75) is 12.6 Å². The molecule has 2 heterocycles. The van der Waals surface area contributed by atoms with Crippen molar-refractivity contribution in [2.75, 3.05) is 39.8 Å². The molecule has 7 heteroatoms. The molecule has 0 saturated carbocycles. The second-order valence-corrected chi connectivity index (χ2v) is 6.87. The van der Waals surface area contributed by atoms with Crippen LogP contribution in [0.3, 0.4) is 0 Å². The van der Waals surface area contributed by atoms with E-state index < -0.39 is 5.97 Å². The molecule has 0 radical (unpaired) electrons. The molecule has 1 fully saturated rings. The Bertz CT molecular complexity index is 455. The van der Waals surface area contributed by atoms with Crippen LogP contribution in [0.2, 0.25) is 0 Å². The van der Waals surface area contributed by atoms with Gasteiger partial charge in [-0.15, -0.1) is 11.3 Å². The number of thiophene rings is 1. The van der Waals surface area contributed by atoms with Crippen LogP contribution in [-0.4, -0.2) is 66.8 Å². The van der Waals surface area contributed by atoms with Crippen LogP contribution in [0.1, 0.15) is 4.88 Å². The molecule has 0 spiro atoms. The van der Waals surface area contributed by atoms with E-state index in [1.807, 2.05) is 7.05 Å². The van der Waals surface area contributed by atoms with Crippen molar-refractivity contribution in [3.8, 4) is 0 Å². The van der Waals surface area contributed by atoms with Gasteiger partial charge < -0.3 is 9.84 Å². The summed E-state index contributed by atoms with van der Waals surface area (Å²) in [4.78, 5) is 16.1. The number of carboxylic acid groups (broad SMARTS) is 1. The van der Waals surface area contributed by atoms with Crippen LogP contribution in [0.4, 0.5) is 0 Å². The van der Waals surface area contributed by atoms with Crippen LogP contribution < -0.4 is 0 Å². The zero-order chi connectivity index (χ0) is 14.5. The fourth-order valence-corrected chi connectivity index (χ4v) is 3.84. The van der Waals surface area contributed by atoms with Crippen LogP contribution in [0.25, 0.3) is 0 Å². The van der Waals surface area contributed by atoms with Crippen molar-refractivity contribution in [1.29, 1.82) is 0 Å². The van der Waals surface area contributed by atoms with Crippen LogP contribution in [0.5, 0.6) is 0 Å². The highest BCUT2D eigenvalue weighted by Crippen LogP contribution is 2.24. The van der Waals surface area contributed by atoms with Gasteiger partial charge in [0.1, 0.15) is 0 Å². The van der Waals surface area contributed by atoms with Gasteiger partial charge in [-0.3, -0.25) is 14.6 Å². The lowest BCUT2D eigenvalue weighted by Crippen LogP contribution is -2.47. The number of nitrogens with zero attached hydrogens (tertiary/aromatic N) is 2. The average Bonchev–Trinajstić information content (AvgIpc) is 2.74. The molecule has 112 valence electrons. The molecule has 0 aliphatic carbocycles. The Labute approximate surface area is 131 Å². The van der Waals surface area contributed by atoms with Gasteiger partial charge in [0.25, 0.3) is 0 Å². The molecule has 20 heavy (non-hydrogen) atoms. The number of carbonyl (C=O) groups is 1. The third-order valence-corrected chi connectivity index (χ3v) is 5.11. The lowest BCUT2D eigenvalue weighted by atomic mass is 10.2. The summed E-state index contributed by atoms with van der Waals surface area (Å²) >= 11 is 5.30. The molecule has 1 atom stereocenters. The second kappa shape index (κ2) is 7.51. The lowest BCUT2D eigenvalue weighted by Gasteiger charge is -2.34. The summed E-state index contributed by atoms with van der Waals surface area (Å²) in [6.45, 7) is 4.08. The minimum absolute atomic E-state index is 0.0519. The van der Waals surface area contributed by atoms with E-state index in [2.05, 4.69) is 32.3 Å². The van der Waals surface area contributed by atoms with E-state index in [-0.39, 0.29) is 12.6 Å². The predicted octanol–water partition coefficient (Wildman–Crippen LogP) is 1.73. The van der Waals surface area contributed by atoms with Gasteiger partial charge in [-0.1, -0.05) is 0 Å². The predicted molar refractivity (Wildman–Crippen MR) is 82.2 cm³/mol. The van der Waals surface area contributed by atoms with Crippen LogP contribution in [0.15, 0.2) is 15.9 Å². The molecule has 1 N–H and O–H groups in total. The minimum atomic E-state index is -0.803. The molecule has 5 nitrogen and oxygen atoms in total.